The van der Waals surface area contributed by atoms with Gasteiger partial charge in [-0.2, -0.15) is 5.10 Å². The largest absolute Gasteiger partial charge is 0.355 e. The normalized spacial score (nSPS) is 10.8. The third-order valence-electron chi connectivity index (χ3n) is 3.57. The van der Waals surface area contributed by atoms with Crippen LogP contribution >= 0.6 is 0 Å². The molecule has 0 aliphatic heterocycles. The fourth-order valence-corrected chi connectivity index (χ4v) is 2.45. The highest BCUT2D eigenvalue weighted by Gasteiger charge is 2.15. The van der Waals surface area contributed by atoms with Crippen LogP contribution in [0.5, 0.6) is 0 Å². The van der Waals surface area contributed by atoms with Crippen LogP contribution in [-0.4, -0.2) is 38.7 Å². The summed E-state index contributed by atoms with van der Waals surface area (Å²) in [7, 11) is 0. The van der Waals surface area contributed by atoms with Crippen LogP contribution in [0, 0.1) is 20.8 Å². The predicted molar refractivity (Wildman–Crippen MR) is 86.6 cm³/mol. The molecule has 0 bridgehead atoms. The Bertz CT molecular complexity index is 762. The minimum atomic E-state index is -0.220. The maximum atomic E-state index is 11.7. The minimum Gasteiger partial charge on any atom is -0.355 e. The number of H-pyrrole nitrogens is 1. The molecule has 2 aromatic heterocycles. The van der Waals surface area contributed by atoms with Gasteiger partial charge < -0.3 is 11.1 Å². The van der Waals surface area contributed by atoms with E-state index >= 15 is 0 Å². The average molecular weight is 318 g/mol. The van der Waals surface area contributed by atoms with Crippen LogP contribution in [0.3, 0.4) is 0 Å². The van der Waals surface area contributed by atoms with Crippen LogP contribution in [0.4, 0.5) is 0 Å². The summed E-state index contributed by atoms with van der Waals surface area (Å²) in [6.45, 7) is 6.44. The molecular formula is C15H22N6O2. The highest BCUT2D eigenvalue weighted by atomic mass is 16.1. The maximum absolute atomic E-state index is 11.7. The Labute approximate surface area is 134 Å². The van der Waals surface area contributed by atoms with Crippen molar-refractivity contribution in [2.75, 3.05) is 13.1 Å². The lowest BCUT2D eigenvalue weighted by atomic mass is 10.1. The van der Waals surface area contributed by atoms with E-state index in [-0.39, 0.29) is 11.5 Å². The van der Waals surface area contributed by atoms with E-state index in [0.29, 0.717) is 37.6 Å². The van der Waals surface area contributed by atoms with Gasteiger partial charge in [-0.05, 0) is 32.8 Å². The summed E-state index contributed by atoms with van der Waals surface area (Å²) < 4.78 is 1.61. The second-order valence-corrected chi connectivity index (χ2v) is 5.41. The highest BCUT2D eigenvalue weighted by molar-refractivity contribution is 5.76. The third kappa shape index (κ3) is 4.04. The Morgan fingerprint density at radius 1 is 1.39 bits per heavy atom. The molecule has 8 nitrogen and oxygen atoms in total. The van der Waals surface area contributed by atoms with E-state index in [1.54, 1.807) is 11.6 Å². The molecule has 0 saturated heterocycles. The van der Waals surface area contributed by atoms with Crippen molar-refractivity contribution in [1.82, 2.24) is 25.1 Å². The Hall–Kier alpha value is -2.48. The molecule has 8 heteroatoms. The fraction of sp³-hybridized carbons (Fsp3) is 0.467. The summed E-state index contributed by atoms with van der Waals surface area (Å²) in [5.74, 6) is 0.346. The van der Waals surface area contributed by atoms with Gasteiger partial charge in [0, 0.05) is 37.0 Å². The third-order valence-corrected chi connectivity index (χ3v) is 3.57. The van der Waals surface area contributed by atoms with Gasteiger partial charge in [-0.1, -0.05) is 0 Å². The van der Waals surface area contributed by atoms with Gasteiger partial charge in [0.05, 0.1) is 5.69 Å². The summed E-state index contributed by atoms with van der Waals surface area (Å²) >= 11 is 0. The second-order valence-electron chi connectivity index (χ2n) is 5.41. The smallest absolute Gasteiger partial charge is 0.252 e. The van der Waals surface area contributed by atoms with Gasteiger partial charge in [0.25, 0.3) is 5.56 Å². The van der Waals surface area contributed by atoms with Crippen molar-refractivity contribution in [3.63, 3.8) is 0 Å². The molecule has 0 saturated carbocycles. The number of carbonyl (C=O) groups excluding carboxylic acids is 1. The van der Waals surface area contributed by atoms with Crippen molar-refractivity contribution in [3.8, 4) is 5.95 Å². The van der Waals surface area contributed by atoms with Crippen LogP contribution in [0.2, 0.25) is 0 Å². The van der Waals surface area contributed by atoms with E-state index in [4.69, 9.17) is 5.73 Å². The average Bonchev–Trinajstić information content (AvgIpc) is 2.77. The summed E-state index contributed by atoms with van der Waals surface area (Å²) in [5.41, 5.74) is 8.43. The standard InChI is InChI=1S/C15H22N6O2/c1-9-8-14(23)19-15(18-9)21-11(3)12(10(2)20-21)4-5-13(22)17-7-6-16/h8H,4-7,16H2,1-3H3,(H,17,22)(H,18,19,23). The fourth-order valence-electron chi connectivity index (χ4n) is 2.45. The van der Waals surface area contributed by atoms with E-state index < -0.39 is 0 Å². The number of aryl methyl sites for hydroxylation is 2. The quantitative estimate of drug-likeness (QED) is 0.686. The number of carbonyl (C=O) groups is 1. The molecule has 23 heavy (non-hydrogen) atoms. The predicted octanol–water partition coefficient (Wildman–Crippen LogP) is -0.112. The van der Waals surface area contributed by atoms with Gasteiger partial charge in [0.15, 0.2) is 0 Å². The SMILES string of the molecule is Cc1cc(=O)[nH]c(-n2nc(C)c(CCC(=O)NCCN)c2C)n1. The first-order chi connectivity index (χ1) is 10.9. The highest BCUT2D eigenvalue weighted by Crippen LogP contribution is 2.17. The van der Waals surface area contributed by atoms with Gasteiger partial charge in [-0.3, -0.25) is 14.6 Å². The lowest BCUT2D eigenvalue weighted by Gasteiger charge is -2.06. The molecule has 2 aromatic rings. The van der Waals surface area contributed by atoms with Crippen LogP contribution in [0.1, 0.15) is 29.1 Å². The number of aromatic nitrogens is 4. The van der Waals surface area contributed by atoms with E-state index in [0.717, 1.165) is 17.0 Å². The van der Waals surface area contributed by atoms with Crippen LogP contribution < -0.4 is 16.6 Å². The molecule has 0 unspecified atom stereocenters. The minimum absolute atomic E-state index is 0.0379. The van der Waals surface area contributed by atoms with Gasteiger partial charge in [-0.15, -0.1) is 0 Å². The van der Waals surface area contributed by atoms with E-state index in [1.807, 2.05) is 13.8 Å². The van der Waals surface area contributed by atoms with Gasteiger partial charge in [-0.25, -0.2) is 9.67 Å². The number of aromatic amines is 1. The zero-order valence-electron chi connectivity index (χ0n) is 13.6. The first-order valence-corrected chi connectivity index (χ1v) is 7.52. The van der Waals surface area contributed by atoms with Crippen molar-refractivity contribution in [1.29, 1.82) is 0 Å². The van der Waals surface area contributed by atoms with E-state index in [2.05, 4.69) is 20.4 Å². The second kappa shape index (κ2) is 7.19. The van der Waals surface area contributed by atoms with Crippen LogP contribution in [0.15, 0.2) is 10.9 Å². The summed E-state index contributed by atoms with van der Waals surface area (Å²) in [6, 6.07) is 1.43. The van der Waals surface area contributed by atoms with Crippen molar-refractivity contribution < 1.29 is 4.79 Å². The van der Waals surface area contributed by atoms with Gasteiger partial charge in [0.2, 0.25) is 11.9 Å². The molecule has 124 valence electrons. The molecule has 1 amide bonds. The molecule has 0 spiro atoms. The van der Waals surface area contributed by atoms with E-state index in [1.165, 1.54) is 6.07 Å². The number of rotatable bonds is 6. The molecule has 4 N–H and O–H groups in total. The van der Waals surface area contributed by atoms with Crippen LogP contribution in [0.25, 0.3) is 5.95 Å². The first-order valence-electron chi connectivity index (χ1n) is 7.52. The molecule has 2 heterocycles. The first kappa shape index (κ1) is 16.9. The van der Waals surface area contributed by atoms with E-state index in [9.17, 15) is 9.59 Å². The number of hydrogen-bond acceptors (Lipinski definition) is 5. The molecule has 2 rings (SSSR count). The number of hydrogen-bond donors (Lipinski definition) is 3. The van der Waals surface area contributed by atoms with Crippen LogP contribution in [-0.2, 0) is 11.2 Å². The maximum Gasteiger partial charge on any atom is 0.252 e. The Morgan fingerprint density at radius 2 is 2.13 bits per heavy atom. The van der Waals surface area contributed by atoms with Gasteiger partial charge >= 0.3 is 0 Å². The number of nitrogens with two attached hydrogens (primary N) is 1. The Kier molecular flexibility index (Phi) is 5.28. The zero-order chi connectivity index (χ0) is 17.0. The Morgan fingerprint density at radius 3 is 2.78 bits per heavy atom. The lowest BCUT2D eigenvalue weighted by molar-refractivity contribution is -0.120. The summed E-state index contributed by atoms with van der Waals surface area (Å²) in [6.07, 6.45) is 0.940. The molecule has 0 aliphatic carbocycles. The van der Waals surface area contributed by atoms with Gasteiger partial charge in [0.1, 0.15) is 0 Å². The summed E-state index contributed by atoms with van der Waals surface area (Å²) in [4.78, 5) is 30.3. The molecule has 0 aromatic carbocycles. The molecule has 0 radical (unpaired) electrons. The van der Waals surface area contributed by atoms with Crippen molar-refractivity contribution in [3.05, 3.63) is 39.1 Å². The number of nitrogens with one attached hydrogen (secondary N) is 2. The monoisotopic (exact) mass is 318 g/mol. The molecular weight excluding hydrogens is 296 g/mol. The number of nitrogens with zero attached hydrogens (tertiary/aromatic N) is 3. The van der Waals surface area contributed by atoms with Crippen molar-refractivity contribution >= 4 is 5.91 Å². The number of amides is 1. The van der Waals surface area contributed by atoms with Crippen molar-refractivity contribution in [2.24, 2.45) is 5.73 Å². The lowest BCUT2D eigenvalue weighted by Crippen LogP contribution is -2.29. The summed E-state index contributed by atoms with van der Waals surface area (Å²) in [5, 5.41) is 7.18. The van der Waals surface area contributed by atoms with Crippen molar-refractivity contribution in [2.45, 2.75) is 33.6 Å². The molecule has 0 fully saturated rings. The molecule has 0 atom stereocenters. The topological polar surface area (TPSA) is 119 Å². The Balaban J connectivity index is 2.22. The zero-order valence-corrected chi connectivity index (χ0v) is 13.6. The molecule has 0 aliphatic rings.